The number of halogens is 1. The van der Waals surface area contributed by atoms with E-state index in [1.807, 2.05) is 36.4 Å². The van der Waals surface area contributed by atoms with Crippen LogP contribution in [0, 0.1) is 5.82 Å². The van der Waals surface area contributed by atoms with Gasteiger partial charge in [-0.05, 0) is 36.6 Å². The number of rotatable bonds is 5. The molecule has 1 N–H and O–H groups in total. The Kier molecular flexibility index (Phi) is 5.14. The first-order valence-corrected chi connectivity index (χ1v) is 10.2. The Morgan fingerprint density at radius 2 is 1.70 bits per heavy atom. The van der Waals surface area contributed by atoms with Crippen molar-refractivity contribution in [1.29, 1.82) is 0 Å². The maximum absolute atomic E-state index is 13.6. The second-order valence-electron chi connectivity index (χ2n) is 6.23. The molecule has 0 spiro atoms. The van der Waals surface area contributed by atoms with Crippen molar-refractivity contribution >= 4 is 38.1 Å². The van der Waals surface area contributed by atoms with Crippen LogP contribution in [0.5, 0.6) is 0 Å². The van der Waals surface area contributed by atoms with Crippen molar-refractivity contribution in [2.45, 2.75) is 13.0 Å². The van der Waals surface area contributed by atoms with Crippen LogP contribution in [0.4, 0.5) is 15.8 Å². The minimum Gasteiger partial charge on any atom is -0.324 e. The van der Waals surface area contributed by atoms with Gasteiger partial charge >= 0.3 is 0 Å². The van der Waals surface area contributed by atoms with Gasteiger partial charge in [-0.15, -0.1) is 0 Å². The second kappa shape index (κ2) is 7.36. The summed E-state index contributed by atoms with van der Waals surface area (Å²) in [6.45, 7) is 1.46. The van der Waals surface area contributed by atoms with Gasteiger partial charge in [0.15, 0.2) is 0 Å². The van der Waals surface area contributed by atoms with Gasteiger partial charge in [0.25, 0.3) is 0 Å². The number of benzene rings is 3. The molecule has 27 heavy (non-hydrogen) atoms. The highest BCUT2D eigenvalue weighted by Gasteiger charge is 2.29. The molecule has 0 heterocycles. The monoisotopic (exact) mass is 386 g/mol. The van der Waals surface area contributed by atoms with Crippen LogP contribution in [0.15, 0.2) is 66.7 Å². The fraction of sp³-hybridized carbons (Fsp3) is 0.150. The molecular weight excluding hydrogens is 367 g/mol. The van der Waals surface area contributed by atoms with Gasteiger partial charge in [0.1, 0.15) is 11.9 Å². The van der Waals surface area contributed by atoms with Crippen molar-refractivity contribution in [2.75, 3.05) is 15.9 Å². The van der Waals surface area contributed by atoms with E-state index in [9.17, 15) is 17.6 Å². The Labute approximate surface area is 157 Å². The molecule has 0 radical (unpaired) electrons. The fourth-order valence-electron chi connectivity index (χ4n) is 2.99. The molecule has 140 valence electrons. The molecule has 0 aliphatic carbocycles. The van der Waals surface area contributed by atoms with Crippen molar-refractivity contribution in [2.24, 2.45) is 0 Å². The second-order valence-corrected chi connectivity index (χ2v) is 8.09. The van der Waals surface area contributed by atoms with E-state index in [-0.39, 0.29) is 5.69 Å². The first-order valence-electron chi connectivity index (χ1n) is 8.31. The molecule has 0 bridgehead atoms. The number of carbonyl (C=O) groups excluding carboxylic acids is 1. The van der Waals surface area contributed by atoms with Crippen LogP contribution < -0.4 is 9.62 Å². The normalized spacial score (nSPS) is 12.6. The summed E-state index contributed by atoms with van der Waals surface area (Å²) in [6, 6.07) is 17.1. The van der Waals surface area contributed by atoms with Crippen molar-refractivity contribution in [3.05, 3.63) is 72.5 Å². The summed E-state index contributed by atoms with van der Waals surface area (Å²) in [5.74, 6) is -1.09. The Bertz CT molecular complexity index is 1090. The van der Waals surface area contributed by atoms with Crippen LogP contribution in [0.25, 0.3) is 10.8 Å². The summed E-state index contributed by atoms with van der Waals surface area (Å²) in [5, 5.41) is 4.58. The summed E-state index contributed by atoms with van der Waals surface area (Å²) >= 11 is 0. The van der Waals surface area contributed by atoms with Crippen molar-refractivity contribution < 1.29 is 17.6 Å². The molecule has 1 amide bonds. The molecule has 0 saturated carbocycles. The van der Waals surface area contributed by atoms with Gasteiger partial charge in [0, 0.05) is 11.1 Å². The van der Waals surface area contributed by atoms with E-state index < -0.39 is 27.8 Å². The molecule has 3 rings (SSSR count). The maximum Gasteiger partial charge on any atom is 0.248 e. The van der Waals surface area contributed by atoms with E-state index in [0.717, 1.165) is 27.4 Å². The van der Waals surface area contributed by atoms with Crippen molar-refractivity contribution in [3.8, 4) is 0 Å². The topological polar surface area (TPSA) is 66.5 Å². The molecule has 3 aromatic rings. The number of sulfonamides is 1. The van der Waals surface area contributed by atoms with Crippen LogP contribution in [-0.2, 0) is 14.8 Å². The molecular formula is C20H19FN2O3S. The summed E-state index contributed by atoms with van der Waals surface area (Å²) < 4.78 is 39.0. The van der Waals surface area contributed by atoms with E-state index in [1.165, 1.54) is 25.1 Å². The number of nitrogens with zero attached hydrogens (tertiary/aromatic N) is 1. The number of carbonyl (C=O) groups is 1. The molecule has 7 heteroatoms. The third kappa shape index (κ3) is 4.09. The minimum atomic E-state index is -3.81. The number of amides is 1. The Balaban J connectivity index is 1.94. The molecule has 0 aliphatic heterocycles. The van der Waals surface area contributed by atoms with E-state index in [1.54, 1.807) is 6.07 Å². The van der Waals surface area contributed by atoms with Crippen LogP contribution in [-0.4, -0.2) is 26.6 Å². The molecule has 0 saturated heterocycles. The highest BCUT2D eigenvalue weighted by atomic mass is 32.2. The fourth-order valence-corrected chi connectivity index (χ4v) is 4.16. The molecule has 3 aromatic carbocycles. The van der Waals surface area contributed by atoms with Gasteiger partial charge in [-0.25, -0.2) is 12.8 Å². The Morgan fingerprint density at radius 3 is 2.41 bits per heavy atom. The number of nitrogens with one attached hydrogen (secondary N) is 1. The van der Waals surface area contributed by atoms with E-state index in [4.69, 9.17) is 0 Å². The van der Waals surface area contributed by atoms with Gasteiger partial charge < -0.3 is 5.32 Å². The average Bonchev–Trinajstić information content (AvgIpc) is 2.61. The summed E-state index contributed by atoms with van der Waals surface area (Å²) in [7, 11) is -3.81. The standard InChI is InChI=1S/C20H19FN2O3S/c1-14(23(27(2,25)26)17-10-6-9-16(21)13-17)20(24)22-19-12-5-8-15-7-3-4-11-18(15)19/h3-14H,1-2H3,(H,22,24). The van der Waals surface area contributed by atoms with Gasteiger partial charge in [-0.2, -0.15) is 0 Å². The molecule has 0 fully saturated rings. The largest absolute Gasteiger partial charge is 0.324 e. The predicted molar refractivity (Wildman–Crippen MR) is 106 cm³/mol. The summed E-state index contributed by atoms with van der Waals surface area (Å²) in [4.78, 5) is 12.8. The Hall–Kier alpha value is -2.93. The number of hydrogen-bond acceptors (Lipinski definition) is 3. The summed E-state index contributed by atoms with van der Waals surface area (Å²) in [6.07, 6.45) is 0.986. The van der Waals surface area contributed by atoms with Crippen molar-refractivity contribution in [1.82, 2.24) is 0 Å². The maximum atomic E-state index is 13.6. The molecule has 0 aromatic heterocycles. The zero-order valence-corrected chi connectivity index (χ0v) is 15.7. The molecule has 5 nitrogen and oxygen atoms in total. The Morgan fingerprint density at radius 1 is 1.04 bits per heavy atom. The third-order valence-corrected chi connectivity index (χ3v) is 5.44. The van der Waals surface area contributed by atoms with Crippen LogP contribution >= 0.6 is 0 Å². The number of fused-ring (bicyclic) bond motifs is 1. The van der Waals surface area contributed by atoms with Gasteiger partial charge in [-0.3, -0.25) is 9.10 Å². The van der Waals surface area contributed by atoms with Crippen molar-refractivity contribution in [3.63, 3.8) is 0 Å². The first-order chi connectivity index (χ1) is 12.8. The predicted octanol–water partition coefficient (Wildman–Crippen LogP) is 3.77. The van der Waals surface area contributed by atoms with E-state index in [0.29, 0.717) is 5.69 Å². The van der Waals surface area contributed by atoms with Gasteiger partial charge in [-0.1, -0.05) is 42.5 Å². The quantitative estimate of drug-likeness (QED) is 0.726. The van der Waals surface area contributed by atoms with Crippen LogP contribution in [0.1, 0.15) is 6.92 Å². The highest BCUT2D eigenvalue weighted by Crippen LogP contribution is 2.25. The molecule has 0 aliphatic rings. The minimum absolute atomic E-state index is 0.0954. The third-order valence-electron chi connectivity index (χ3n) is 4.20. The number of anilines is 2. The van der Waals surface area contributed by atoms with Gasteiger partial charge in [0.05, 0.1) is 11.9 Å². The van der Waals surface area contributed by atoms with Gasteiger partial charge in [0.2, 0.25) is 15.9 Å². The lowest BCUT2D eigenvalue weighted by atomic mass is 10.1. The van der Waals surface area contributed by atoms with E-state index in [2.05, 4.69) is 5.32 Å². The lowest BCUT2D eigenvalue weighted by molar-refractivity contribution is -0.116. The lowest BCUT2D eigenvalue weighted by Crippen LogP contribution is -2.45. The summed E-state index contributed by atoms with van der Waals surface area (Å²) in [5.41, 5.74) is 0.677. The molecule has 1 unspecified atom stereocenters. The molecule has 1 atom stereocenters. The lowest BCUT2D eigenvalue weighted by Gasteiger charge is -2.28. The van der Waals surface area contributed by atoms with Crippen LogP contribution in [0.2, 0.25) is 0 Å². The SMILES string of the molecule is CC(C(=O)Nc1cccc2ccccc12)N(c1cccc(F)c1)S(C)(=O)=O. The highest BCUT2D eigenvalue weighted by molar-refractivity contribution is 7.92. The van der Waals surface area contributed by atoms with E-state index >= 15 is 0 Å². The zero-order valence-electron chi connectivity index (χ0n) is 14.9. The van der Waals surface area contributed by atoms with Crippen LogP contribution in [0.3, 0.4) is 0 Å². The number of hydrogen-bond donors (Lipinski definition) is 1. The first kappa shape index (κ1) is 18.8. The average molecular weight is 386 g/mol. The zero-order chi connectivity index (χ0) is 19.6. The smallest absolute Gasteiger partial charge is 0.248 e.